The lowest BCUT2D eigenvalue weighted by atomic mass is 10.1. The van der Waals surface area contributed by atoms with Gasteiger partial charge in [-0.2, -0.15) is 4.31 Å². The average Bonchev–Trinajstić information content (AvgIpc) is 3.18. The minimum absolute atomic E-state index is 0.0438. The Morgan fingerprint density at radius 3 is 2.53 bits per heavy atom. The number of rotatable bonds is 9. The summed E-state index contributed by atoms with van der Waals surface area (Å²) >= 11 is 0. The average molecular weight is 460 g/mol. The molecule has 1 aliphatic heterocycles. The normalized spacial score (nSPS) is 14.1. The number of hydrogen-bond donors (Lipinski definition) is 1. The van der Waals surface area contributed by atoms with Crippen molar-refractivity contribution in [3.05, 3.63) is 53.6 Å². The molecule has 2 amide bonds. The smallest absolute Gasteiger partial charge is 0.255 e. The van der Waals surface area contributed by atoms with Gasteiger partial charge in [0.15, 0.2) is 0 Å². The zero-order chi connectivity index (χ0) is 23.3. The molecule has 0 saturated carbocycles. The van der Waals surface area contributed by atoms with Crippen LogP contribution in [0.3, 0.4) is 0 Å². The highest BCUT2D eigenvalue weighted by atomic mass is 32.2. The molecule has 0 aromatic heterocycles. The Morgan fingerprint density at radius 2 is 1.91 bits per heavy atom. The van der Waals surface area contributed by atoms with Crippen molar-refractivity contribution >= 4 is 27.5 Å². The highest BCUT2D eigenvalue weighted by Crippen LogP contribution is 2.28. The lowest BCUT2D eigenvalue weighted by Gasteiger charge is -2.20. The van der Waals surface area contributed by atoms with Gasteiger partial charge in [0.2, 0.25) is 15.9 Å². The van der Waals surface area contributed by atoms with Crippen LogP contribution in [0.25, 0.3) is 0 Å². The Kier molecular flexibility index (Phi) is 7.52. The summed E-state index contributed by atoms with van der Waals surface area (Å²) in [4.78, 5) is 26.5. The highest BCUT2D eigenvalue weighted by Gasteiger charge is 2.27. The van der Waals surface area contributed by atoms with Crippen LogP contribution in [0, 0.1) is 0 Å². The Labute approximate surface area is 189 Å². The maximum atomic E-state index is 13.0. The quantitative estimate of drug-likeness (QED) is 0.622. The number of carbonyl (C=O) groups excluding carboxylic acids is 2. The van der Waals surface area contributed by atoms with Gasteiger partial charge in [0, 0.05) is 43.9 Å². The van der Waals surface area contributed by atoms with E-state index in [0.29, 0.717) is 31.7 Å². The van der Waals surface area contributed by atoms with Gasteiger partial charge in [-0.25, -0.2) is 8.42 Å². The van der Waals surface area contributed by atoms with E-state index in [1.165, 1.54) is 29.6 Å². The summed E-state index contributed by atoms with van der Waals surface area (Å²) < 4.78 is 32.6. The number of anilines is 1. The molecule has 1 aliphatic rings. The maximum Gasteiger partial charge on any atom is 0.255 e. The zero-order valence-corrected chi connectivity index (χ0v) is 19.4. The molecule has 0 bridgehead atoms. The van der Waals surface area contributed by atoms with Crippen LogP contribution in [0.5, 0.6) is 5.75 Å². The van der Waals surface area contributed by atoms with Gasteiger partial charge in [0.05, 0.1) is 7.11 Å². The fourth-order valence-corrected chi connectivity index (χ4v) is 5.40. The number of nitrogens with one attached hydrogen (secondary N) is 1. The van der Waals surface area contributed by atoms with Gasteiger partial charge in [-0.05, 0) is 42.3 Å². The third-order valence-electron chi connectivity index (χ3n) is 5.48. The second kappa shape index (κ2) is 10.1. The van der Waals surface area contributed by atoms with Gasteiger partial charge in [0.1, 0.15) is 10.6 Å². The third-order valence-corrected chi connectivity index (χ3v) is 7.55. The molecular weight excluding hydrogens is 430 g/mol. The molecule has 3 rings (SSSR count). The fourth-order valence-electron chi connectivity index (χ4n) is 3.76. The van der Waals surface area contributed by atoms with Crippen LogP contribution in [0.4, 0.5) is 5.69 Å². The van der Waals surface area contributed by atoms with Crippen LogP contribution in [0.2, 0.25) is 0 Å². The Morgan fingerprint density at radius 1 is 1.16 bits per heavy atom. The number of nitrogens with zero attached hydrogens (tertiary/aromatic N) is 2. The molecule has 0 aliphatic carbocycles. The number of carbonyl (C=O) groups is 2. The standard InChI is InChI=1S/C23H29N3O5S/c1-4-26(5-2)32(29,30)21-15-18(11-12-20(21)31-3)23(28)24-19-9-6-8-17(14-19)16-25-13-7-10-22(25)27/h6,8-9,11-12,14-15H,4-5,7,10,13,16H2,1-3H3,(H,24,28). The van der Waals surface area contributed by atoms with Crippen LogP contribution in [0.15, 0.2) is 47.4 Å². The van der Waals surface area contributed by atoms with Gasteiger partial charge >= 0.3 is 0 Å². The third kappa shape index (κ3) is 5.11. The van der Waals surface area contributed by atoms with Gasteiger partial charge in [0.25, 0.3) is 5.91 Å². The van der Waals surface area contributed by atoms with Crippen molar-refractivity contribution in [3.63, 3.8) is 0 Å². The number of benzene rings is 2. The number of methoxy groups -OCH3 is 1. The van der Waals surface area contributed by atoms with Gasteiger partial charge in [-0.3, -0.25) is 9.59 Å². The van der Waals surface area contributed by atoms with Crippen molar-refractivity contribution in [1.82, 2.24) is 9.21 Å². The van der Waals surface area contributed by atoms with Crippen molar-refractivity contribution in [2.24, 2.45) is 0 Å². The SMILES string of the molecule is CCN(CC)S(=O)(=O)c1cc(C(=O)Nc2cccc(CN3CCCC3=O)c2)ccc1OC. The summed E-state index contributed by atoms with van der Waals surface area (Å²) in [6, 6.07) is 11.7. The Hall–Kier alpha value is -2.91. The first-order valence-corrected chi connectivity index (χ1v) is 12.1. The number of sulfonamides is 1. The largest absolute Gasteiger partial charge is 0.495 e. The van der Waals surface area contributed by atoms with E-state index in [1.54, 1.807) is 24.8 Å². The first-order chi connectivity index (χ1) is 15.3. The lowest BCUT2D eigenvalue weighted by Crippen LogP contribution is -2.31. The summed E-state index contributed by atoms with van der Waals surface area (Å²) in [7, 11) is -2.41. The number of ether oxygens (including phenoxy) is 1. The molecule has 0 atom stereocenters. The van der Waals surface area contributed by atoms with E-state index in [1.807, 2.05) is 18.2 Å². The molecule has 8 nitrogen and oxygen atoms in total. The second-order valence-electron chi connectivity index (χ2n) is 7.53. The van der Waals surface area contributed by atoms with E-state index < -0.39 is 15.9 Å². The van der Waals surface area contributed by atoms with E-state index in [2.05, 4.69) is 5.32 Å². The first kappa shape index (κ1) is 23.7. The second-order valence-corrected chi connectivity index (χ2v) is 9.43. The molecule has 1 fully saturated rings. The van der Waals surface area contributed by atoms with Crippen molar-refractivity contribution in [2.75, 3.05) is 32.1 Å². The first-order valence-electron chi connectivity index (χ1n) is 10.7. The molecule has 2 aromatic carbocycles. The van der Waals surface area contributed by atoms with Crippen molar-refractivity contribution in [3.8, 4) is 5.75 Å². The van der Waals surface area contributed by atoms with Crippen molar-refractivity contribution in [1.29, 1.82) is 0 Å². The van der Waals surface area contributed by atoms with Gasteiger partial charge < -0.3 is 15.0 Å². The van der Waals surface area contributed by atoms with Crippen LogP contribution in [-0.4, -0.2) is 56.2 Å². The zero-order valence-electron chi connectivity index (χ0n) is 18.6. The van der Waals surface area contributed by atoms with Gasteiger partial charge in [-0.15, -0.1) is 0 Å². The summed E-state index contributed by atoms with van der Waals surface area (Å²) in [5.41, 5.74) is 1.69. The molecule has 2 aromatic rings. The van der Waals surface area contributed by atoms with Crippen LogP contribution in [-0.2, 0) is 21.4 Å². The Bertz CT molecular complexity index is 1100. The Balaban J connectivity index is 1.83. The van der Waals surface area contributed by atoms with E-state index in [4.69, 9.17) is 4.74 Å². The molecule has 32 heavy (non-hydrogen) atoms. The van der Waals surface area contributed by atoms with Gasteiger partial charge in [-0.1, -0.05) is 26.0 Å². The molecule has 1 heterocycles. The summed E-state index contributed by atoms with van der Waals surface area (Å²) in [5.74, 6) is -0.108. The van der Waals surface area contributed by atoms with Crippen LogP contribution < -0.4 is 10.1 Å². The minimum Gasteiger partial charge on any atom is -0.495 e. The molecule has 0 spiro atoms. The molecule has 0 radical (unpaired) electrons. The van der Waals surface area contributed by atoms with Crippen LogP contribution >= 0.6 is 0 Å². The summed E-state index contributed by atoms with van der Waals surface area (Å²) in [6.07, 6.45) is 1.44. The molecule has 1 saturated heterocycles. The number of hydrogen-bond acceptors (Lipinski definition) is 5. The summed E-state index contributed by atoms with van der Waals surface area (Å²) in [6.45, 7) is 5.37. The predicted molar refractivity (Wildman–Crippen MR) is 122 cm³/mol. The van der Waals surface area contributed by atoms with Crippen molar-refractivity contribution < 1.29 is 22.7 Å². The van der Waals surface area contributed by atoms with E-state index in [0.717, 1.165) is 18.5 Å². The molecular formula is C23H29N3O5S. The van der Waals surface area contributed by atoms with E-state index >= 15 is 0 Å². The monoisotopic (exact) mass is 459 g/mol. The summed E-state index contributed by atoms with van der Waals surface area (Å²) in [5, 5.41) is 2.82. The number of likely N-dealkylation sites (tertiary alicyclic amines) is 1. The minimum atomic E-state index is -3.81. The van der Waals surface area contributed by atoms with E-state index in [9.17, 15) is 18.0 Å². The van der Waals surface area contributed by atoms with Crippen LogP contribution in [0.1, 0.15) is 42.6 Å². The van der Waals surface area contributed by atoms with Crippen molar-refractivity contribution in [2.45, 2.75) is 38.1 Å². The molecule has 1 N–H and O–H groups in total. The molecule has 172 valence electrons. The van der Waals surface area contributed by atoms with E-state index in [-0.39, 0.29) is 22.1 Å². The maximum absolute atomic E-state index is 13.0. The fraction of sp³-hybridized carbons (Fsp3) is 0.391. The molecule has 9 heteroatoms. The highest BCUT2D eigenvalue weighted by molar-refractivity contribution is 7.89. The topological polar surface area (TPSA) is 96.0 Å². The molecule has 0 unspecified atom stereocenters. The predicted octanol–water partition coefficient (Wildman–Crippen LogP) is 3.10. The number of amides is 2. The lowest BCUT2D eigenvalue weighted by molar-refractivity contribution is -0.128.